The number of carbonyl (C=O) groups is 1. The predicted octanol–water partition coefficient (Wildman–Crippen LogP) is 2.56. The molecule has 0 aliphatic carbocycles. The summed E-state index contributed by atoms with van der Waals surface area (Å²) in [6.45, 7) is 6.65. The van der Waals surface area contributed by atoms with Crippen LogP contribution in [0.4, 0.5) is 5.69 Å². The van der Waals surface area contributed by atoms with E-state index in [0.717, 1.165) is 11.3 Å². The molecule has 0 fully saturated rings. The largest absolute Gasteiger partial charge is 0.488 e. The lowest BCUT2D eigenvalue weighted by Gasteiger charge is -2.23. The fourth-order valence-corrected chi connectivity index (χ4v) is 2.28. The van der Waals surface area contributed by atoms with Crippen LogP contribution in [0.5, 0.6) is 5.75 Å². The Labute approximate surface area is 160 Å². The van der Waals surface area contributed by atoms with Crippen molar-refractivity contribution in [2.75, 3.05) is 18.9 Å². The maximum absolute atomic E-state index is 12.0. The number of guanidine groups is 1. The third-order valence-electron chi connectivity index (χ3n) is 3.42. The summed E-state index contributed by atoms with van der Waals surface area (Å²) < 4.78 is 5.99. The van der Waals surface area contributed by atoms with Crippen LogP contribution in [0.1, 0.15) is 26.3 Å². The van der Waals surface area contributed by atoms with Crippen molar-refractivity contribution in [2.45, 2.75) is 32.9 Å². The van der Waals surface area contributed by atoms with Gasteiger partial charge in [0.2, 0.25) is 5.91 Å². The van der Waals surface area contributed by atoms with Gasteiger partial charge in [-0.2, -0.15) is 0 Å². The monoisotopic (exact) mass is 369 g/mol. The van der Waals surface area contributed by atoms with Crippen molar-refractivity contribution < 1.29 is 9.53 Å². The molecule has 0 saturated carbocycles. The molecule has 1 heterocycles. The lowest BCUT2D eigenvalue weighted by molar-refractivity contribution is -0.115. The van der Waals surface area contributed by atoms with Crippen LogP contribution < -0.4 is 20.7 Å². The van der Waals surface area contributed by atoms with E-state index < -0.39 is 0 Å². The lowest BCUT2D eigenvalue weighted by Crippen LogP contribution is -2.41. The number of nitrogens with zero attached hydrogens (tertiary/aromatic N) is 2. The summed E-state index contributed by atoms with van der Waals surface area (Å²) in [5.41, 5.74) is 1.39. The zero-order chi connectivity index (χ0) is 19.7. The second-order valence-electron chi connectivity index (χ2n) is 6.89. The number of hydrogen-bond donors (Lipinski definition) is 3. The van der Waals surface area contributed by atoms with Crippen LogP contribution in [-0.2, 0) is 11.3 Å². The number of amides is 1. The van der Waals surface area contributed by atoms with Crippen molar-refractivity contribution in [3.8, 4) is 5.75 Å². The molecule has 1 aromatic heterocycles. The summed E-state index contributed by atoms with van der Waals surface area (Å²) in [5.74, 6) is 1.17. The van der Waals surface area contributed by atoms with E-state index in [0.29, 0.717) is 18.2 Å². The normalized spacial score (nSPS) is 11.6. The number of aliphatic imine (C=N–C) groups is 1. The molecule has 1 aromatic carbocycles. The molecule has 144 valence electrons. The quantitative estimate of drug-likeness (QED) is 0.538. The summed E-state index contributed by atoms with van der Waals surface area (Å²) in [6.07, 6.45) is 3.25. The molecule has 3 N–H and O–H groups in total. The van der Waals surface area contributed by atoms with E-state index in [2.05, 4.69) is 25.9 Å². The molecule has 7 heteroatoms. The number of hydrogen-bond acceptors (Lipinski definition) is 4. The first kappa shape index (κ1) is 20.2. The molecule has 0 saturated heterocycles. The van der Waals surface area contributed by atoms with Gasteiger partial charge >= 0.3 is 0 Å². The number of benzene rings is 1. The Morgan fingerprint density at radius 1 is 1.15 bits per heavy atom. The molecular weight excluding hydrogens is 342 g/mol. The molecule has 0 spiro atoms. The average molecular weight is 369 g/mol. The first-order valence-corrected chi connectivity index (χ1v) is 8.79. The molecule has 0 aliphatic rings. The highest BCUT2D eigenvalue weighted by Gasteiger charge is 2.14. The number of pyridine rings is 1. The summed E-state index contributed by atoms with van der Waals surface area (Å²) in [5, 5.41) is 8.95. The highest BCUT2D eigenvalue weighted by atomic mass is 16.5. The number of rotatable bonds is 6. The van der Waals surface area contributed by atoms with E-state index >= 15 is 0 Å². The molecule has 0 unspecified atom stereocenters. The minimum atomic E-state index is -0.277. The van der Waals surface area contributed by atoms with Gasteiger partial charge in [-0.15, -0.1) is 0 Å². The van der Waals surface area contributed by atoms with Gasteiger partial charge in [-0.25, -0.2) is 0 Å². The van der Waals surface area contributed by atoms with Crippen molar-refractivity contribution in [2.24, 2.45) is 4.99 Å². The minimum Gasteiger partial charge on any atom is -0.488 e. The number of ether oxygens (including phenoxy) is 1. The summed E-state index contributed by atoms with van der Waals surface area (Å²) in [6, 6.07) is 11.4. The number of anilines is 1. The van der Waals surface area contributed by atoms with E-state index in [1.807, 2.05) is 45.0 Å². The summed E-state index contributed by atoms with van der Waals surface area (Å²) >= 11 is 0. The van der Waals surface area contributed by atoms with Crippen LogP contribution in [0.3, 0.4) is 0 Å². The molecule has 2 rings (SSSR count). The van der Waals surface area contributed by atoms with Gasteiger partial charge in [-0.3, -0.25) is 14.8 Å². The summed E-state index contributed by atoms with van der Waals surface area (Å²) in [4.78, 5) is 20.1. The second kappa shape index (κ2) is 9.56. The molecule has 0 atom stereocenters. The minimum absolute atomic E-state index is 0.0920. The maximum atomic E-state index is 12.0. The standard InChI is InChI=1S/C20H27N5O2/c1-20(2,3)27-17-10-6-5-8-15(17)12-23-19(21-4)24-14-18(26)25-16-9-7-11-22-13-16/h5-11,13H,12,14H2,1-4H3,(H,25,26)(H2,21,23,24). The fraction of sp³-hybridized carbons (Fsp3) is 0.350. The van der Waals surface area contributed by atoms with Crippen molar-refractivity contribution in [1.82, 2.24) is 15.6 Å². The number of nitrogens with one attached hydrogen (secondary N) is 3. The third-order valence-corrected chi connectivity index (χ3v) is 3.42. The Balaban J connectivity index is 1.86. The Hall–Kier alpha value is -3.09. The van der Waals surface area contributed by atoms with Crippen LogP contribution >= 0.6 is 0 Å². The Morgan fingerprint density at radius 2 is 1.93 bits per heavy atom. The lowest BCUT2D eigenvalue weighted by atomic mass is 10.1. The van der Waals surface area contributed by atoms with Gasteiger partial charge in [0.15, 0.2) is 5.96 Å². The van der Waals surface area contributed by atoms with E-state index in [4.69, 9.17) is 4.74 Å². The zero-order valence-electron chi connectivity index (χ0n) is 16.2. The van der Waals surface area contributed by atoms with Gasteiger partial charge in [0, 0.05) is 25.4 Å². The van der Waals surface area contributed by atoms with Crippen molar-refractivity contribution in [3.63, 3.8) is 0 Å². The number of aromatic nitrogens is 1. The molecule has 27 heavy (non-hydrogen) atoms. The SMILES string of the molecule is CN=C(NCC(=O)Nc1cccnc1)NCc1ccccc1OC(C)(C)C. The van der Waals surface area contributed by atoms with Crippen LogP contribution in [0.2, 0.25) is 0 Å². The Bertz CT molecular complexity index is 769. The highest BCUT2D eigenvalue weighted by Crippen LogP contribution is 2.22. The molecular formula is C20H27N5O2. The van der Waals surface area contributed by atoms with Crippen LogP contribution in [0.15, 0.2) is 53.8 Å². The topological polar surface area (TPSA) is 87.6 Å². The van der Waals surface area contributed by atoms with Gasteiger partial charge in [0.05, 0.1) is 18.4 Å². The molecule has 0 radical (unpaired) electrons. The molecule has 1 amide bonds. The first-order chi connectivity index (χ1) is 12.9. The fourth-order valence-electron chi connectivity index (χ4n) is 2.28. The van der Waals surface area contributed by atoms with Gasteiger partial charge in [0.1, 0.15) is 11.4 Å². The Morgan fingerprint density at radius 3 is 2.59 bits per heavy atom. The van der Waals surface area contributed by atoms with Crippen LogP contribution in [0.25, 0.3) is 0 Å². The molecule has 2 aromatic rings. The summed E-state index contributed by atoms with van der Waals surface area (Å²) in [7, 11) is 1.66. The average Bonchev–Trinajstić information content (AvgIpc) is 2.62. The number of para-hydroxylation sites is 1. The van der Waals surface area contributed by atoms with E-state index in [1.54, 1.807) is 31.6 Å². The second-order valence-corrected chi connectivity index (χ2v) is 6.89. The van der Waals surface area contributed by atoms with Crippen molar-refractivity contribution in [3.05, 3.63) is 54.4 Å². The van der Waals surface area contributed by atoms with Crippen LogP contribution in [0, 0.1) is 0 Å². The van der Waals surface area contributed by atoms with Crippen molar-refractivity contribution in [1.29, 1.82) is 0 Å². The predicted molar refractivity (Wildman–Crippen MR) is 108 cm³/mol. The first-order valence-electron chi connectivity index (χ1n) is 8.79. The van der Waals surface area contributed by atoms with E-state index in [-0.39, 0.29) is 18.1 Å². The van der Waals surface area contributed by atoms with E-state index in [9.17, 15) is 4.79 Å². The Kier molecular flexibility index (Phi) is 7.16. The molecule has 7 nitrogen and oxygen atoms in total. The zero-order valence-corrected chi connectivity index (χ0v) is 16.2. The van der Waals surface area contributed by atoms with Gasteiger partial charge in [-0.1, -0.05) is 18.2 Å². The molecule has 0 aliphatic heterocycles. The maximum Gasteiger partial charge on any atom is 0.243 e. The van der Waals surface area contributed by atoms with E-state index in [1.165, 1.54) is 0 Å². The smallest absolute Gasteiger partial charge is 0.243 e. The van der Waals surface area contributed by atoms with Gasteiger partial charge < -0.3 is 20.7 Å². The van der Waals surface area contributed by atoms with Gasteiger partial charge in [0.25, 0.3) is 0 Å². The van der Waals surface area contributed by atoms with Crippen LogP contribution in [-0.4, -0.2) is 36.0 Å². The van der Waals surface area contributed by atoms with Crippen molar-refractivity contribution >= 4 is 17.6 Å². The molecule has 0 bridgehead atoms. The number of carbonyl (C=O) groups excluding carboxylic acids is 1. The van der Waals surface area contributed by atoms with Gasteiger partial charge in [-0.05, 0) is 39.0 Å². The third kappa shape index (κ3) is 7.35. The highest BCUT2D eigenvalue weighted by molar-refractivity contribution is 5.94.